The largest absolute Gasteiger partial charge is 0.298 e. The van der Waals surface area contributed by atoms with Gasteiger partial charge in [-0.25, -0.2) is 13.4 Å². The summed E-state index contributed by atoms with van der Waals surface area (Å²) in [6, 6.07) is 19.1. The molecule has 0 saturated carbocycles. The van der Waals surface area contributed by atoms with Crippen LogP contribution in [0.5, 0.6) is 0 Å². The zero-order valence-corrected chi connectivity index (χ0v) is 18.5. The number of carbonyl (C=O) groups excluding carboxylic acids is 1. The standard InChI is InChI=1S/C22H18N2O3S3/c1-15-10-11-20(29-15)19-13-28-22(23-19)24-21(25)17-8-5-9-18(12-17)30(26,27)14-16-6-3-2-4-7-16/h2-13H,14H2,1H3,(H,23,24,25). The Hall–Kier alpha value is -2.81. The van der Waals surface area contributed by atoms with Crippen LogP contribution in [0.3, 0.4) is 0 Å². The van der Waals surface area contributed by atoms with E-state index in [4.69, 9.17) is 0 Å². The van der Waals surface area contributed by atoms with Crippen LogP contribution < -0.4 is 5.32 Å². The van der Waals surface area contributed by atoms with E-state index in [0.717, 1.165) is 10.6 Å². The summed E-state index contributed by atoms with van der Waals surface area (Å²) in [5.74, 6) is -0.510. The van der Waals surface area contributed by atoms with Crippen molar-refractivity contribution in [1.29, 1.82) is 0 Å². The van der Waals surface area contributed by atoms with E-state index in [0.29, 0.717) is 10.7 Å². The maximum absolute atomic E-state index is 12.8. The summed E-state index contributed by atoms with van der Waals surface area (Å²) >= 11 is 2.97. The molecule has 4 rings (SSSR count). The highest BCUT2D eigenvalue weighted by Crippen LogP contribution is 2.30. The average molecular weight is 455 g/mol. The SMILES string of the molecule is Cc1ccc(-c2csc(NC(=O)c3cccc(S(=O)(=O)Cc4ccccc4)c3)n2)s1. The van der Waals surface area contributed by atoms with Crippen molar-refractivity contribution in [3.05, 3.63) is 88.1 Å². The monoisotopic (exact) mass is 454 g/mol. The second kappa shape index (κ2) is 8.51. The Morgan fingerprint density at radius 1 is 1.03 bits per heavy atom. The lowest BCUT2D eigenvalue weighted by atomic mass is 10.2. The summed E-state index contributed by atoms with van der Waals surface area (Å²) in [5.41, 5.74) is 1.78. The van der Waals surface area contributed by atoms with Crippen LogP contribution in [-0.4, -0.2) is 19.3 Å². The number of benzene rings is 2. The molecule has 0 fully saturated rings. The maximum atomic E-state index is 12.8. The van der Waals surface area contributed by atoms with Gasteiger partial charge in [-0.05, 0) is 42.8 Å². The van der Waals surface area contributed by atoms with Crippen LogP contribution in [0.2, 0.25) is 0 Å². The Bertz CT molecular complexity index is 1290. The maximum Gasteiger partial charge on any atom is 0.257 e. The molecule has 0 atom stereocenters. The fourth-order valence-electron chi connectivity index (χ4n) is 2.89. The van der Waals surface area contributed by atoms with Gasteiger partial charge in [0.25, 0.3) is 5.91 Å². The molecule has 0 aliphatic heterocycles. The van der Waals surface area contributed by atoms with E-state index in [1.54, 1.807) is 47.7 Å². The van der Waals surface area contributed by atoms with Crippen molar-refractivity contribution in [1.82, 2.24) is 4.98 Å². The molecular weight excluding hydrogens is 436 g/mol. The van der Waals surface area contributed by atoms with E-state index in [-0.39, 0.29) is 16.2 Å². The Morgan fingerprint density at radius 3 is 2.57 bits per heavy atom. The number of rotatable bonds is 6. The Labute approximate surface area is 183 Å². The lowest BCUT2D eigenvalue weighted by Gasteiger charge is -2.07. The molecule has 0 unspecified atom stereocenters. The molecule has 0 aliphatic carbocycles. The summed E-state index contributed by atoms with van der Waals surface area (Å²) in [7, 11) is -3.56. The molecule has 8 heteroatoms. The highest BCUT2D eigenvalue weighted by atomic mass is 32.2. The number of sulfone groups is 1. The minimum Gasteiger partial charge on any atom is -0.298 e. The summed E-state index contributed by atoms with van der Waals surface area (Å²) in [6.07, 6.45) is 0. The second-order valence-corrected chi connectivity index (χ2v) is 10.8. The zero-order valence-electron chi connectivity index (χ0n) is 16.0. The average Bonchev–Trinajstić information content (AvgIpc) is 3.37. The topological polar surface area (TPSA) is 76.1 Å². The fraction of sp³-hybridized carbons (Fsp3) is 0.0909. The Kier molecular flexibility index (Phi) is 5.80. The smallest absolute Gasteiger partial charge is 0.257 e. The highest BCUT2D eigenvalue weighted by Gasteiger charge is 2.18. The van der Waals surface area contributed by atoms with Gasteiger partial charge in [0, 0.05) is 15.8 Å². The van der Waals surface area contributed by atoms with Crippen molar-refractivity contribution in [2.45, 2.75) is 17.6 Å². The van der Waals surface area contributed by atoms with E-state index >= 15 is 0 Å². The van der Waals surface area contributed by atoms with Gasteiger partial charge in [0.15, 0.2) is 15.0 Å². The first-order valence-corrected chi connectivity index (χ1v) is 12.5. The molecule has 1 N–H and O–H groups in total. The molecule has 30 heavy (non-hydrogen) atoms. The van der Waals surface area contributed by atoms with Crippen LogP contribution in [0.15, 0.2) is 77.0 Å². The lowest BCUT2D eigenvalue weighted by molar-refractivity contribution is 0.102. The first kappa shape index (κ1) is 20.5. The van der Waals surface area contributed by atoms with Crippen LogP contribution in [0.1, 0.15) is 20.8 Å². The van der Waals surface area contributed by atoms with Crippen molar-refractivity contribution in [2.24, 2.45) is 0 Å². The number of thiophene rings is 1. The molecule has 152 valence electrons. The molecule has 2 aromatic carbocycles. The first-order chi connectivity index (χ1) is 14.4. The molecule has 2 heterocycles. The summed E-state index contributed by atoms with van der Waals surface area (Å²) in [5, 5.41) is 5.12. The third kappa shape index (κ3) is 4.67. The minimum absolute atomic E-state index is 0.116. The number of nitrogens with zero attached hydrogens (tertiary/aromatic N) is 1. The van der Waals surface area contributed by atoms with Gasteiger partial charge in [-0.1, -0.05) is 36.4 Å². The van der Waals surface area contributed by atoms with E-state index in [2.05, 4.69) is 10.3 Å². The Balaban J connectivity index is 1.51. The number of anilines is 1. The van der Waals surface area contributed by atoms with Gasteiger partial charge >= 0.3 is 0 Å². The van der Waals surface area contributed by atoms with E-state index in [9.17, 15) is 13.2 Å². The van der Waals surface area contributed by atoms with Crippen molar-refractivity contribution in [2.75, 3.05) is 5.32 Å². The number of nitrogens with one attached hydrogen (secondary N) is 1. The number of amides is 1. The Morgan fingerprint density at radius 2 is 1.83 bits per heavy atom. The summed E-state index contributed by atoms with van der Waals surface area (Å²) in [4.78, 5) is 19.5. The predicted molar refractivity (Wildman–Crippen MR) is 122 cm³/mol. The van der Waals surface area contributed by atoms with Crippen LogP contribution >= 0.6 is 22.7 Å². The second-order valence-electron chi connectivity index (χ2n) is 6.67. The van der Waals surface area contributed by atoms with Crippen molar-refractivity contribution >= 4 is 43.5 Å². The third-order valence-electron chi connectivity index (χ3n) is 4.37. The highest BCUT2D eigenvalue weighted by molar-refractivity contribution is 7.90. The summed E-state index contributed by atoms with van der Waals surface area (Å²) < 4.78 is 25.5. The van der Waals surface area contributed by atoms with Gasteiger partial charge in [0.1, 0.15) is 0 Å². The molecule has 1 amide bonds. The van der Waals surface area contributed by atoms with Gasteiger partial charge in [-0.3, -0.25) is 10.1 Å². The molecule has 0 saturated heterocycles. The lowest BCUT2D eigenvalue weighted by Crippen LogP contribution is -2.13. The van der Waals surface area contributed by atoms with Crippen LogP contribution in [0.25, 0.3) is 10.6 Å². The third-order valence-corrected chi connectivity index (χ3v) is 7.84. The molecule has 0 radical (unpaired) electrons. The molecular formula is C22H18N2O3S3. The predicted octanol–water partition coefficient (Wildman–Crippen LogP) is 5.41. The van der Waals surface area contributed by atoms with Gasteiger partial charge in [0.05, 0.1) is 21.2 Å². The molecule has 0 aliphatic rings. The van der Waals surface area contributed by atoms with Crippen LogP contribution in [0.4, 0.5) is 5.13 Å². The van der Waals surface area contributed by atoms with Gasteiger partial charge in [-0.2, -0.15) is 0 Å². The number of aromatic nitrogens is 1. The quantitative estimate of drug-likeness (QED) is 0.423. The molecule has 2 aromatic heterocycles. The number of aryl methyl sites for hydroxylation is 1. The minimum atomic E-state index is -3.56. The van der Waals surface area contributed by atoms with Crippen LogP contribution in [-0.2, 0) is 15.6 Å². The molecule has 0 bridgehead atoms. The molecule has 4 aromatic rings. The molecule has 0 spiro atoms. The van der Waals surface area contributed by atoms with Crippen molar-refractivity contribution in [3.8, 4) is 10.6 Å². The summed E-state index contributed by atoms with van der Waals surface area (Å²) in [6.45, 7) is 2.03. The number of hydrogen-bond acceptors (Lipinski definition) is 6. The number of hydrogen-bond donors (Lipinski definition) is 1. The van der Waals surface area contributed by atoms with E-state index in [1.807, 2.05) is 30.5 Å². The zero-order chi connectivity index (χ0) is 21.1. The van der Waals surface area contributed by atoms with Gasteiger partial charge in [-0.15, -0.1) is 22.7 Å². The normalized spacial score (nSPS) is 11.4. The van der Waals surface area contributed by atoms with E-state index in [1.165, 1.54) is 28.3 Å². The first-order valence-electron chi connectivity index (χ1n) is 9.11. The van der Waals surface area contributed by atoms with Crippen molar-refractivity contribution in [3.63, 3.8) is 0 Å². The van der Waals surface area contributed by atoms with Crippen molar-refractivity contribution < 1.29 is 13.2 Å². The molecule has 5 nitrogen and oxygen atoms in total. The number of thiazole rings is 1. The van der Waals surface area contributed by atoms with Crippen LogP contribution in [0, 0.1) is 6.92 Å². The van der Waals surface area contributed by atoms with Gasteiger partial charge in [0.2, 0.25) is 0 Å². The fourth-order valence-corrected chi connectivity index (χ4v) is 5.89. The van der Waals surface area contributed by atoms with E-state index < -0.39 is 15.7 Å². The van der Waals surface area contributed by atoms with Gasteiger partial charge < -0.3 is 0 Å². The number of carbonyl (C=O) groups is 1.